The van der Waals surface area contributed by atoms with Gasteiger partial charge in [0.25, 0.3) is 0 Å². The maximum Gasteiger partial charge on any atom is 0.211 e. The molecule has 0 aromatic carbocycles. The zero-order chi connectivity index (χ0) is 14.0. The first kappa shape index (κ1) is 15.9. The highest BCUT2D eigenvalue weighted by molar-refractivity contribution is 7.88. The number of nitrogens with zero attached hydrogens (tertiary/aromatic N) is 2. The van der Waals surface area contributed by atoms with Crippen LogP contribution >= 0.6 is 0 Å². The van der Waals surface area contributed by atoms with Crippen molar-refractivity contribution < 1.29 is 8.42 Å². The van der Waals surface area contributed by atoms with Crippen LogP contribution in [0, 0.1) is 5.41 Å². The van der Waals surface area contributed by atoms with E-state index in [1.165, 1.54) is 6.26 Å². The SMILES string of the molecule is CCN(CCC1(C)CCN(S(C)(=O)=O)C1)C(C)C. The summed E-state index contributed by atoms with van der Waals surface area (Å²) < 4.78 is 24.7. The molecule has 1 saturated heterocycles. The van der Waals surface area contributed by atoms with Gasteiger partial charge < -0.3 is 4.90 Å². The summed E-state index contributed by atoms with van der Waals surface area (Å²) in [4.78, 5) is 2.44. The third kappa shape index (κ3) is 4.21. The molecule has 0 bridgehead atoms. The van der Waals surface area contributed by atoms with Crippen molar-refractivity contribution in [3.63, 3.8) is 0 Å². The van der Waals surface area contributed by atoms with Crippen LogP contribution in [0.25, 0.3) is 0 Å². The highest BCUT2D eigenvalue weighted by Gasteiger charge is 2.37. The average Bonchev–Trinajstić information content (AvgIpc) is 2.61. The van der Waals surface area contributed by atoms with Gasteiger partial charge in [-0.3, -0.25) is 0 Å². The third-order valence-corrected chi connectivity index (χ3v) is 5.38. The molecule has 0 aromatic rings. The second-order valence-electron chi connectivity index (χ2n) is 6.13. The Morgan fingerprint density at radius 1 is 1.39 bits per heavy atom. The van der Waals surface area contributed by atoms with Crippen molar-refractivity contribution in [3.05, 3.63) is 0 Å². The van der Waals surface area contributed by atoms with Gasteiger partial charge in [0.1, 0.15) is 0 Å². The maximum absolute atomic E-state index is 11.5. The summed E-state index contributed by atoms with van der Waals surface area (Å²) in [6, 6.07) is 0.561. The molecular weight excluding hydrogens is 248 g/mol. The molecule has 4 nitrogen and oxygen atoms in total. The Morgan fingerprint density at radius 3 is 2.39 bits per heavy atom. The minimum atomic E-state index is -3.01. The predicted octanol–water partition coefficient (Wildman–Crippen LogP) is 1.78. The van der Waals surface area contributed by atoms with E-state index in [2.05, 4.69) is 32.6 Å². The molecule has 1 aliphatic rings. The van der Waals surface area contributed by atoms with Crippen LogP contribution in [0.2, 0.25) is 0 Å². The molecule has 1 aliphatic heterocycles. The summed E-state index contributed by atoms with van der Waals surface area (Å²) in [6.45, 7) is 12.3. The third-order valence-electron chi connectivity index (χ3n) is 4.13. The van der Waals surface area contributed by atoms with Gasteiger partial charge in [0.2, 0.25) is 10.0 Å². The summed E-state index contributed by atoms with van der Waals surface area (Å²) in [5, 5.41) is 0. The van der Waals surface area contributed by atoms with E-state index in [1.54, 1.807) is 4.31 Å². The first-order valence-corrected chi connectivity index (χ1v) is 8.72. The highest BCUT2D eigenvalue weighted by Crippen LogP contribution is 2.34. The Kier molecular flexibility index (Phi) is 5.21. The molecule has 0 saturated carbocycles. The summed E-state index contributed by atoms with van der Waals surface area (Å²) in [7, 11) is -3.01. The first-order valence-electron chi connectivity index (χ1n) is 6.87. The first-order chi connectivity index (χ1) is 8.18. The molecule has 0 aliphatic carbocycles. The average molecular weight is 276 g/mol. The van der Waals surface area contributed by atoms with Crippen molar-refractivity contribution in [2.75, 3.05) is 32.4 Å². The van der Waals surface area contributed by atoms with Gasteiger partial charge in [-0.2, -0.15) is 0 Å². The molecule has 1 heterocycles. The van der Waals surface area contributed by atoms with Crippen LogP contribution in [-0.4, -0.2) is 56.1 Å². The van der Waals surface area contributed by atoms with E-state index in [9.17, 15) is 8.42 Å². The summed E-state index contributed by atoms with van der Waals surface area (Å²) >= 11 is 0. The molecular formula is C13H28N2O2S. The highest BCUT2D eigenvalue weighted by atomic mass is 32.2. The van der Waals surface area contributed by atoms with Crippen LogP contribution in [0.3, 0.4) is 0 Å². The fourth-order valence-electron chi connectivity index (χ4n) is 2.66. The van der Waals surface area contributed by atoms with Crippen LogP contribution in [0.5, 0.6) is 0 Å². The molecule has 0 spiro atoms. The number of hydrogen-bond donors (Lipinski definition) is 0. The van der Waals surface area contributed by atoms with E-state index in [1.807, 2.05) is 0 Å². The second-order valence-corrected chi connectivity index (χ2v) is 8.11. The Bertz CT molecular complexity index is 367. The molecule has 0 aromatic heterocycles. The Morgan fingerprint density at radius 2 is 2.00 bits per heavy atom. The summed E-state index contributed by atoms with van der Waals surface area (Å²) in [6.07, 6.45) is 3.37. The van der Waals surface area contributed by atoms with E-state index in [4.69, 9.17) is 0 Å². The van der Waals surface area contributed by atoms with Crippen LogP contribution in [0.4, 0.5) is 0 Å². The van der Waals surface area contributed by atoms with Crippen LogP contribution in [-0.2, 0) is 10.0 Å². The van der Waals surface area contributed by atoms with Crippen LogP contribution in [0.15, 0.2) is 0 Å². The molecule has 1 unspecified atom stereocenters. The van der Waals surface area contributed by atoms with Crippen molar-refractivity contribution in [1.82, 2.24) is 9.21 Å². The largest absolute Gasteiger partial charge is 0.301 e. The lowest BCUT2D eigenvalue weighted by atomic mass is 9.86. The molecule has 0 N–H and O–H groups in total. The lowest BCUT2D eigenvalue weighted by Gasteiger charge is -2.30. The van der Waals surface area contributed by atoms with E-state index in [0.717, 1.165) is 25.9 Å². The van der Waals surface area contributed by atoms with Gasteiger partial charge in [-0.1, -0.05) is 13.8 Å². The molecule has 1 fully saturated rings. The molecule has 0 radical (unpaired) electrons. The Labute approximate surface area is 112 Å². The Balaban J connectivity index is 2.53. The van der Waals surface area contributed by atoms with E-state index in [0.29, 0.717) is 19.1 Å². The van der Waals surface area contributed by atoms with E-state index in [-0.39, 0.29) is 5.41 Å². The van der Waals surface area contributed by atoms with Crippen molar-refractivity contribution in [3.8, 4) is 0 Å². The summed E-state index contributed by atoms with van der Waals surface area (Å²) in [5.74, 6) is 0. The van der Waals surface area contributed by atoms with Gasteiger partial charge in [-0.25, -0.2) is 12.7 Å². The van der Waals surface area contributed by atoms with Gasteiger partial charge >= 0.3 is 0 Å². The fourth-order valence-corrected chi connectivity index (χ4v) is 3.63. The van der Waals surface area contributed by atoms with Gasteiger partial charge in [0, 0.05) is 19.1 Å². The molecule has 0 amide bonds. The zero-order valence-corrected chi connectivity index (χ0v) is 13.3. The Hall–Kier alpha value is -0.130. The quantitative estimate of drug-likeness (QED) is 0.742. The monoisotopic (exact) mass is 276 g/mol. The number of rotatable bonds is 6. The number of sulfonamides is 1. The molecule has 1 rings (SSSR count). The number of hydrogen-bond acceptors (Lipinski definition) is 3. The van der Waals surface area contributed by atoms with Gasteiger partial charge in [0.05, 0.1) is 6.26 Å². The van der Waals surface area contributed by atoms with Crippen LogP contribution in [0.1, 0.15) is 40.5 Å². The van der Waals surface area contributed by atoms with Crippen molar-refractivity contribution in [2.45, 2.75) is 46.6 Å². The standard InChI is InChI=1S/C13H28N2O2S/c1-6-14(12(2)3)9-7-13(4)8-10-15(11-13)18(5,16)17/h12H,6-11H2,1-5H3. The van der Waals surface area contributed by atoms with Crippen molar-refractivity contribution in [2.24, 2.45) is 5.41 Å². The fraction of sp³-hybridized carbons (Fsp3) is 1.00. The molecule has 108 valence electrons. The van der Waals surface area contributed by atoms with Gasteiger partial charge in [-0.15, -0.1) is 0 Å². The predicted molar refractivity (Wildman–Crippen MR) is 76.1 cm³/mol. The topological polar surface area (TPSA) is 40.6 Å². The van der Waals surface area contributed by atoms with Gasteiger partial charge in [0.15, 0.2) is 0 Å². The lowest BCUT2D eigenvalue weighted by Crippen LogP contribution is -2.36. The minimum absolute atomic E-state index is 0.144. The molecule has 18 heavy (non-hydrogen) atoms. The molecule has 5 heteroatoms. The second kappa shape index (κ2) is 5.88. The summed E-state index contributed by atoms with van der Waals surface area (Å²) in [5.41, 5.74) is 0.144. The normalized spacial score (nSPS) is 26.4. The lowest BCUT2D eigenvalue weighted by molar-refractivity contribution is 0.187. The maximum atomic E-state index is 11.5. The zero-order valence-electron chi connectivity index (χ0n) is 12.4. The van der Waals surface area contributed by atoms with Crippen LogP contribution < -0.4 is 0 Å². The van der Waals surface area contributed by atoms with E-state index < -0.39 is 10.0 Å². The smallest absolute Gasteiger partial charge is 0.211 e. The molecule has 1 atom stereocenters. The van der Waals surface area contributed by atoms with E-state index >= 15 is 0 Å². The van der Waals surface area contributed by atoms with Gasteiger partial charge in [-0.05, 0) is 45.2 Å². The minimum Gasteiger partial charge on any atom is -0.301 e. The van der Waals surface area contributed by atoms with Crippen molar-refractivity contribution >= 4 is 10.0 Å². The van der Waals surface area contributed by atoms with Crippen molar-refractivity contribution in [1.29, 1.82) is 0 Å².